The smallest absolute Gasteiger partial charge is 0.269 e. The number of rotatable bonds is 6. The molecule has 5 heteroatoms. The third kappa shape index (κ3) is 3.75. The van der Waals surface area contributed by atoms with E-state index in [2.05, 4.69) is 24.8 Å². The standard InChI is InChI=1S/C17H20N2O3/c1-4-18(5-2)15-10-13(3)11-17(12-15)22-16-8-6-14(7-9-16)19(20)21/h6-12H,4-5H2,1-3H3. The van der Waals surface area contributed by atoms with Crippen LogP contribution < -0.4 is 9.64 Å². The number of hydrogen-bond acceptors (Lipinski definition) is 4. The predicted octanol–water partition coefficient (Wildman–Crippen LogP) is 4.54. The highest BCUT2D eigenvalue weighted by molar-refractivity contribution is 5.54. The normalized spacial score (nSPS) is 10.3. The van der Waals surface area contributed by atoms with Crippen LogP contribution in [0.1, 0.15) is 19.4 Å². The summed E-state index contributed by atoms with van der Waals surface area (Å²) in [6.07, 6.45) is 0. The molecule has 0 amide bonds. The molecule has 2 rings (SSSR count). The number of aryl methyl sites for hydroxylation is 1. The molecule has 0 atom stereocenters. The molecule has 0 unspecified atom stereocenters. The average molecular weight is 300 g/mol. The fourth-order valence-corrected chi connectivity index (χ4v) is 2.33. The van der Waals surface area contributed by atoms with Crippen LogP contribution in [-0.4, -0.2) is 18.0 Å². The first-order valence-electron chi connectivity index (χ1n) is 7.32. The van der Waals surface area contributed by atoms with Crippen molar-refractivity contribution in [3.05, 3.63) is 58.1 Å². The Balaban J connectivity index is 2.23. The number of non-ortho nitro benzene ring substituents is 1. The van der Waals surface area contributed by atoms with E-state index in [4.69, 9.17) is 4.74 Å². The zero-order valence-corrected chi connectivity index (χ0v) is 13.1. The molecule has 0 aliphatic heterocycles. The Morgan fingerprint density at radius 2 is 1.68 bits per heavy atom. The molecule has 0 bridgehead atoms. The summed E-state index contributed by atoms with van der Waals surface area (Å²) in [7, 11) is 0. The fraction of sp³-hybridized carbons (Fsp3) is 0.294. The summed E-state index contributed by atoms with van der Waals surface area (Å²) in [5.74, 6) is 1.32. The van der Waals surface area contributed by atoms with Gasteiger partial charge in [0, 0.05) is 37.0 Å². The number of nitrogens with zero attached hydrogens (tertiary/aromatic N) is 2. The Hall–Kier alpha value is -2.56. The molecule has 0 radical (unpaired) electrons. The van der Waals surface area contributed by atoms with Crippen LogP contribution in [0.4, 0.5) is 11.4 Å². The molecule has 0 saturated carbocycles. The van der Waals surface area contributed by atoms with E-state index >= 15 is 0 Å². The van der Waals surface area contributed by atoms with E-state index in [0.717, 1.165) is 30.1 Å². The van der Waals surface area contributed by atoms with Crippen LogP contribution in [0.2, 0.25) is 0 Å². The second-order valence-corrected chi connectivity index (χ2v) is 5.03. The minimum absolute atomic E-state index is 0.0559. The molecule has 0 heterocycles. The largest absolute Gasteiger partial charge is 0.457 e. The summed E-state index contributed by atoms with van der Waals surface area (Å²) in [6.45, 7) is 8.11. The van der Waals surface area contributed by atoms with Gasteiger partial charge in [-0.3, -0.25) is 10.1 Å². The van der Waals surface area contributed by atoms with E-state index in [9.17, 15) is 10.1 Å². The van der Waals surface area contributed by atoms with Crippen molar-refractivity contribution >= 4 is 11.4 Å². The highest BCUT2D eigenvalue weighted by atomic mass is 16.6. The molecule has 0 aliphatic rings. The molecule has 22 heavy (non-hydrogen) atoms. The van der Waals surface area contributed by atoms with Crippen molar-refractivity contribution in [2.45, 2.75) is 20.8 Å². The molecular weight excluding hydrogens is 280 g/mol. The minimum atomic E-state index is -0.422. The quantitative estimate of drug-likeness (QED) is 0.580. The van der Waals surface area contributed by atoms with Crippen molar-refractivity contribution in [1.29, 1.82) is 0 Å². The molecule has 2 aromatic carbocycles. The molecule has 0 spiro atoms. The fourth-order valence-electron chi connectivity index (χ4n) is 2.33. The van der Waals surface area contributed by atoms with Gasteiger partial charge in [0.05, 0.1) is 4.92 Å². The molecule has 116 valence electrons. The van der Waals surface area contributed by atoms with E-state index in [1.54, 1.807) is 12.1 Å². The maximum absolute atomic E-state index is 10.7. The first-order valence-corrected chi connectivity index (χ1v) is 7.32. The number of ether oxygens (including phenoxy) is 1. The highest BCUT2D eigenvalue weighted by Gasteiger charge is 2.08. The number of hydrogen-bond donors (Lipinski definition) is 0. The lowest BCUT2D eigenvalue weighted by atomic mass is 10.2. The number of nitro benzene ring substituents is 1. The monoisotopic (exact) mass is 300 g/mol. The topological polar surface area (TPSA) is 55.6 Å². The van der Waals surface area contributed by atoms with Crippen LogP contribution in [0.5, 0.6) is 11.5 Å². The lowest BCUT2D eigenvalue weighted by Crippen LogP contribution is -2.21. The van der Waals surface area contributed by atoms with Gasteiger partial charge in [0.25, 0.3) is 5.69 Å². The Bertz CT molecular complexity index is 649. The van der Waals surface area contributed by atoms with Gasteiger partial charge in [0.2, 0.25) is 0 Å². The molecule has 0 fully saturated rings. The zero-order chi connectivity index (χ0) is 16.1. The average Bonchev–Trinajstić information content (AvgIpc) is 2.48. The van der Waals surface area contributed by atoms with Gasteiger partial charge in [-0.1, -0.05) is 0 Å². The minimum Gasteiger partial charge on any atom is -0.457 e. The lowest BCUT2D eigenvalue weighted by Gasteiger charge is -2.22. The molecular formula is C17H20N2O3. The Morgan fingerprint density at radius 3 is 2.23 bits per heavy atom. The Kier molecular flexibility index (Phi) is 4.99. The van der Waals surface area contributed by atoms with Gasteiger partial charge in [-0.15, -0.1) is 0 Å². The summed E-state index contributed by atoms with van der Waals surface area (Å²) >= 11 is 0. The van der Waals surface area contributed by atoms with Crippen molar-refractivity contribution in [3.8, 4) is 11.5 Å². The Labute approximate surface area is 130 Å². The van der Waals surface area contributed by atoms with Crippen molar-refractivity contribution in [2.24, 2.45) is 0 Å². The first kappa shape index (κ1) is 15.8. The van der Waals surface area contributed by atoms with Crippen LogP contribution in [0.25, 0.3) is 0 Å². The van der Waals surface area contributed by atoms with Crippen molar-refractivity contribution in [2.75, 3.05) is 18.0 Å². The zero-order valence-electron chi connectivity index (χ0n) is 13.1. The van der Waals surface area contributed by atoms with E-state index in [-0.39, 0.29) is 5.69 Å². The van der Waals surface area contributed by atoms with E-state index < -0.39 is 4.92 Å². The van der Waals surface area contributed by atoms with Crippen LogP contribution in [0.3, 0.4) is 0 Å². The maximum atomic E-state index is 10.7. The second-order valence-electron chi connectivity index (χ2n) is 5.03. The van der Waals surface area contributed by atoms with Crippen LogP contribution in [0.15, 0.2) is 42.5 Å². The van der Waals surface area contributed by atoms with Gasteiger partial charge in [0.15, 0.2) is 0 Å². The van der Waals surface area contributed by atoms with Crippen molar-refractivity contribution in [1.82, 2.24) is 0 Å². The van der Waals surface area contributed by atoms with Gasteiger partial charge in [-0.05, 0) is 50.6 Å². The molecule has 2 aromatic rings. The third-order valence-electron chi connectivity index (χ3n) is 3.45. The van der Waals surface area contributed by atoms with Gasteiger partial charge in [-0.25, -0.2) is 0 Å². The molecule has 0 N–H and O–H groups in total. The SMILES string of the molecule is CCN(CC)c1cc(C)cc(Oc2ccc([N+](=O)[O-])cc2)c1. The van der Waals surface area contributed by atoms with Gasteiger partial charge in [0.1, 0.15) is 11.5 Å². The molecule has 0 saturated heterocycles. The summed E-state index contributed by atoms with van der Waals surface area (Å²) in [4.78, 5) is 12.5. The lowest BCUT2D eigenvalue weighted by molar-refractivity contribution is -0.384. The van der Waals surface area contributed by atoms with E-state index in [0.29, 0.717) is 5.75 Å². The highest BCUT2D eigenvalue weighted by Crippen LogP contribution is 2.28. The summed E-state index contributed by atoms with van der Waals surface area (Å²) in [6, 6.07) is 12.2. The van der Waals surface area contributed by atoms with Gasteiger partial charge in [-0.2, -0.15) is 0 Å². The molecule has 5 nitrogen and oxygen atoms in total. The second kappa shape index (κ2) is 6.93. The first-order chi connectivity index (χ1) is 10.5. The number of anilines is 1. The molecule has 0 aliphatic carbocycles. The van der Waals surface area contributed by atoms with Crippen LogP contribution in [-0.2, 0) is 0 Å². The van der Waals surface area contributed by atoms with Crippen LogP contribution in [0, 0.1) is 17.0 Å². The number of nitro groups is 1. The van der Waals surface area contributed by atoms with E-state index in [1.165, 1.54) is 12.1 Å². The van der Waals surface area contributed by atoms with Crippen LogP contribution >= 0.6 is 0 Å². The summed E-state index contributed by atoms with van der Waals surface area (Å²) in [5.41, 5.74) is 2.28. The van der Waals surface area contributed by atoms with Gasteiger partial charge >= 0.3 is 0 Å². The maximum Gasteiger partial charge on any atom is 0.269 e. The van der Waals surface area contributed by atoms with Crippen molar-refractivity contribution < 1.29 is 9.66 Å². The van der Waals surface area contributed by atoms with E-state index in [1.807, 2.05) is 19.1 Å². The number of benzene rings is 2. The Morgan fingerprint density at radius 1 is 1.05 bits per heavy atom. The predicted molar refractivity (Wildman–Crippen MR) is 87.9 cm³/mol. The van der Waals surface area contributed by atoms with Gasteiger partial charge < -0.3 is 9.64 Å². The summed E-state index contributed by atoms with van der Waals surface area (Å²) in [5, 5.41) is 10.7. The molecule has 0 aromatic heterocycles. The van der Waals surface area contributed by atoms with Crippen molar-refractivity contribution in [3.63, 3.8) is 0 Å². The summed E-state index contributed by atoms with van der Waals surface area (Å²) < 4.78 is 5.82. The third-order valence-corrected chi connectivity index (χ3v) is 3.45.